The predicted octanol–water partition coefficient (Wildman–Crippen LogP) is 0.776. The molecule has 19 heavy (non-hydrogen) atoms. The van der Waals surface area contributed by atoms with E-state index in [-0.39, 0.29) is 10.8 Å². The van der Waals surface area contributed by atoms with Gasteiger partial charge in [-0.25, -0.2) is 13.1 Å². The summed E-state index contributed by atoms with van der Waals surface area (Å²) in [5.41, 5.74) is 0.893. The van der Waals surface area contributed by atoms with Gasteiger partial charge in [0.15, 0.2) is 0 Å². The molecule has 0 unspecified atom stereocenters. The Kier molecular flexibility index (Phi) is 5.31. The lowest BCUT2D eigenvalue weighted by Crippen LogP contribution is -2.26. The quantitative estimate of drug-likeness (QED) is 0.720. The van der Waals surface area contributed by atoms with Gasteiger partial charge in [-0.15, -0.1) is 0 Å². The van der Waals surface area contributed by atoms with Crippen LogP contribution < -0.4 is 15.4 Å². The van der Waals surface area contributed by atoms with Crippen molar-refractivity contribution in [3.63, 3.8) is 0 Å². The van der Waals surface area contributed by atoms with Crippen LogP contribution in [0.2, 0.25) is 0 Å². The first-order valence-corrected chi connectivity index (χ1v) is 7.54. The summed E-state index contributed by atoms with van der Waals surface area (Å²) in [5.74, 6) is -0.305. The van der Waals surface area contributed by atoms with Crippen LogP contribution >= 0.6 is 0 Å². The van der Waals surface area contributed by atoms with Gasteiger partial charge in [0.2, 0.25) is 10.0 Å². The van der Waals surface area contributed by atoms with Crippen LogP contribution in [-0.4, -0.2) is 34.5 Å². The molecule has 3 N–H and O–H groups in total. The largest absolute Gasteiger partial charge is 0.387 e. The third-order valence-electron chi connectivity index (χ3n) is 2.49. The number of anilines is 1. The summed E-state index contributed by atoms with van der Waals surface area (Å²) >= 11 is 0. The van der Waals surface area contributed by atoms with Crippen molar-refractivity contribution in [1.82, 2.24) is 10.0 Å². The van der Waals surface area contributed by atoms with Crippen LogP contribution in [0.4, 0.5) is 5.69 Å². The van der Waals surface area contributed by atoms with Crippen molar-refractivity contribution in [2.24, 2.45) is 0 Å². The maximum Gasteiger partial charge on any atom is 0.253 e. The van der Waals surface area contributed by atoms with E-state index in [1.807, 2.05) is 0 Å². The molecule has 7 heteroatoms. The maximum absolute atomic E-state index is 11.9. The van der Waals surface area contributed by atoms with Crippen molar-refractivity contribution >= 4 is 21.6 Å². The molecule has 0 saturated carbocycles. The Morgan fingerprint density at radius 2 is 1.89 bits per heavy atom. The molecule has 1 rings (SSSR count). The monoisotopic (exact) mass is 285 g/mol. The normalized spacial score (nSPS) is 11.1. The first kappa shape index (κ1) is 15.5. The van der Waals surface area contributed by atoms with Crippen molar-refractivity contribution in [3.05, 3.63) is 23.8 Å². The molecule has 1 aromatic carbocycles. The van der Waals surface area contributed by atoms with Crippen molar-refractivity contribution in [1.29, 1.82) is 0 Å². The van der Waals surface area contributed by atoms with E-state index >= 15 is 0 Å². The van der Waals surface area contributed by atoms with Gasteiger partial charge in [0.25, 0.3) is 5.91 Å². The van der Waals surface area contributed by atoms with Gasteiger partial charge in [0.05, 0.1) is 10.5 Å². The minimum absolute atomic E-state index is 0.0783. The van der Waals surface area contributed by atoms with Crippen molar-refractivity contribution < 1.29 is 13.2 Å². The average Bonchev–Trinajstić information content (AvgIpc) is 2.38. The number of carbonyl (C=O) groups is 1. The molecule has 0 fully saturated rings. The lowest BCUT2D eigenvalue weighted by molar-refractivity contribution is 0.0956. The average molecular weight is 285 g/mol. The Bertz CT molecular complexity index is 555. The van der Waals surface area contributed by atoms with Crippen LogP contribution in [0.5, 0.6) is 0 Å². The summed E-state index contributed by atoms with van der Waals surface area (Å²) in [7, 11) is -1.89. The summed E-state index contributed by atoms with van der Waals surface area (Å²) in [6.07, 6.45) is 0. The summed E-state index contributed by atoms with van der Waals surface area (Å²) < 4.78 is 26.2. The van der Waals surface area contributed by atoms with Gasteiger partial charge >= 0.3 is 0 Å². The Morgan fingerprint density at radius 3 is 2.42 bits per heavy atom. The van der Waals surface area contributed by atoms with E-state index in [0.717, 1.165) is 0 Å². The number of rotatable bonds is 6. The number of sulfonamides is 1. The third-order valence-corrected chi connectivity index (χ3v) is 4.03. The molecule has 1 aromatic rings. The molecule has 1 amide bonds. The zero-order valence-corrected chi connectivity index (χ0v) is 12.1. The van der Waals surface area contributed by atoms with E-state index in [0.29, 0.717) is 24.3 Å². The second-order valence-corrected chi connectivity index (χ2v) is 5.59. The SMILES string of the molecule is CCNC(=O)c1cc(S(=O)(=O)NCC)ccc1NC. The highest BCUT2D eigenvalue weighted by molar-refractivity contribution is 7.89. The summed E-state index contributed by atoms with van der Waals surface area (Å²) in [5, 5.41) is 5.52. The summed E-state index contributed by atoms with van der Waals surface area (Å²) in [6, 6.07) is 4.41. The molecule has 0 aliphatic heterocycles. The molecule has 106 valence electrons. The topological polar surface area (TPSA) is 87.3 Å². The van der Waals surface area contributed by atoms with Crippen LogP contribution in [0, 0.1) is 0 Å². The second kappa shape index (κ2) is 6.53. The Balaban J connectivity index is 3.26. The molecular formula is C12H19N3O3S. The Hall–Kier alpha value is -1.60. The van der Waals surface area contributed by atoms with E-state index < -0.39 is 10.0 Å². The number of amides is 1. The first-order chi connectivity index (χ1) is 8.96. The smallest absolute Gasteiger partial charge is 0.253 e. The second-order valence-electron chi connectivity index (χ2n) is 3.82. The van der Waals surface area contributed by atoms with Gasteiger partial charge in [-0.05, 0) is 25.1 Å². The number of hydrogen-bond donors (Lipinski definition) is 3. The fourth-order valence-electron chi connectivity index (χ4n) is 1.63. The van der Waals surface area contributed by atoms with E-state index in [1.165, 1.54) is 12.1 Å². The Labute approximate surface area is 113 Å². The van der Waals surface area contributed by atoms with Gasteiger partial charge in [0, 0.05) is 25.8 Å². The van der Waals surface area contributed by atoms with E-state index in [9.17, 15) is 13.2 Å². The van der Waals surface area contributed by atoms with E-state index in [1.54, 1.807) is 27.0 Å². The fraction of sp³-hybridized carbons (Fsp3) is 0.417. The zero-order valence-electron chi connectivity index (χ0n) is 11.3. The lowest BCUT2D eigenvalue weighted by Gasteiger charge is -2.11. The van der Waals surface area contributed by atoms with E-state index in [4.69, 9.17) is 0 Å². The summed E-state index contributed by atoms with van der Waals surface area (Å²) in [4.78, 5) is 12.0. The highest BCUT2D eigenvalue weighted by atomic mass is 32.2. The van der Waals surface area contributed by atoms with Gasteiger partial charge in [-0.2, -0.15) is 0 Å². The zero-order chi connectivity index (χ0) is 14.5. The molecule has 0 aromatic heterocycles. The van der Waals surface area contributed by atoms with Crippen LogP contribution in [0.1, 0.15) is 24.2 Å². The van der Waals surface area contributed by atoms with E-state index in [2.05, 4.69) is 15.4 Å². The maximum atomic E-state index is 11.9. The van der Waals surface area contributed by atoms with Crippen LogP contribution in [0.25, 0.3) is 0 Å². The minimum Gasteiger partial charge on any atom is -0.387 e. The predicted molar refractivity (Wildman–Crippen MR) is 74.9 cm³/mol. The number of nitrogens with one attached hydrogen (secondary N) is 3. The van der Waals surface area contributed by atoms with Crippen LogP contribution in [0.3, 0.4) is 0 Å². The number of hydrogen-bond acceptors (Lipinski definition) is 4. The van der Waals surface area contributed by atoms with Gasteiger partial charge in [-0.1, -0.05) is 6.92 Å². The van der Waals surface area contributed by atoms with Crippen molar-refractivity contribution in [3.8, 4) is 0 Å². The molecule has 0 saturated heterocycles. The molecular weight excluding hydrogens is 266 g/mol. The number of benzene rings is 1. The lowest BCUT2D eigenvalue weighted by atomic mass is 10.1. The van der Waals surface area contributed by atoms with Crippen molar-refractivity contribution in [2.75, 3.05) is 25.5 Å². The first-order valence-electron chi connectivity index (χ1n) is 6.06. The number of carbonyl (C=O) groups excluding carboxylic acids is 1. The van der Waals surface area contributed by atoms with Crippen molar-refractivity contribution in [2.45, 2.75) is 18.7 Å². The molecule has 0 aliphatic carbocycles. The third kappa shape index (κ3) is 3.68. The molecule has 0 spiro atoms. The highest BCUT2D eigenvalue weighted by Crippen LogP contribution is 2.20. The molecule has 0 heterocycles. The molecule has 0 bridgehead atoms. The molecule has 0 radical (unpaired) electrons. The van der Waals surface area contributed by atoms with Crippen LogP contribution in [-0.2, 0) is 10.0 Å². The van der Waals surface area contributed by atoms with Crippen LogP contribution in [0.15, 0.2) is 23.1 Å². The van der Waals surface area contributed by atoms with Gasteiger partial charge < -0.3 is 10.6 Å². The Morgan fingerprint density at radius 1 is 1.21 bits per heavy atom. The molecule has 6 nitrogen and oxygen atoms in total. The van der Waals surface area contributed by atoms with Gasteiger partial charge in [0.1, 0.15) is 0 Å². The molecule has 0 aliphatic rings. The minimum atomic E-state index is -3.56. The molecule has 0 atom stereocenters. The fourth-order valence-corrected chi connectivity index (χ4v) is 2.69. The summed E-state index contributed by atoms with van der Waals surface area (Å²) in [6.45, 7) is 4.28. The standard InChI is InChI=1S/C12H19N3O3S/c1-4-14-12(16)10-8-9(6-7-11(10)13-3)19(17,18)15-5-2/h6-8,13,15H,4-5H2,1-3H3,(H,14,16). The van der Waals surface area contributed by atoms with Gasteiger partial charge in [-0.3, -0.25) is 4.79 Å². The highest BCUT2D eigenvalue weighted by Gasteiger charge is 2.17.